The van der Waals surface area contributed by atoms with Gasteiger partial charge in [0.2, 0.25) is 5.91 Å². The molecule has 0 aliphatic carbocycles. The topological polar surface area (TPSA) is 51.0 Å². The highest BCUT2D eigenvalue weighted by atomic mass is 35.5. The first kappa shape index (κ1) is 14.9. The largest absolute Gasteiger partial charge is 0.348 e. The zero-order chi connectivity index (χ0) is 14.7. The van der Waals surface area contributed by atoms with E-state index in [2.05, 4.69) is 10.2 Å². The molecule has 0 N–H and O–H groups in total. The average Bonchev–Trinajstić information content (AvgIpc) is 2.78. The highest BCUT2D eigenvalue weighted by Crippen LogP contribution is 2.23. The molecule has 20 heavy (non-hydrogen) atoms. The van der Waals surface area contributed by atoms with Gasteiger partial charge >= 0.3 is 0 Å². The molecule has 0 spiro atoms. The van der Waals surface area contributed by atoms with E-state index in [4.69, 9.17) is 11.6 Å². The monoisotopic (exact) mass is 310 g/mol. The van der Waals surface area contributed by atoms with Crippen LogP contribution in [0.25, 0.3) is 11.4 Å². The molecule has 7 heteroatoms. The molecule has 1 amide bonds. The van der Waals surface area contributed by atoms with Gasteiger partial charge in [0.25, 0.3) is 0 Å². The summed E-state index contributed by atoms with van der Waals surface area (Å²) >= 11 is 7.24. The van der Waals surface area contributed by atoms with Crippen molar-refractivity contribution >= 4 is 29.3 Å². The summed E-state index contributed by atoms with van der Waals surface area (Å²) < 4.78 is 1.87. The van der Waals surface area contributed by atoms with Crippen LogP contribution in [0.4, 0.5) is 0 Å². The standard InChI is InChI=1S/C13H15ClN4OS/c1-17(2)11(19)8-20-13-16-15-12(18(13)3)9-4-6-10(14)7-5-9/h4-7H,8H2,1-3H3. The summed E-state index contributed by atoms with van der Waals surface area (Å²) in [6.07, 6.45) is 0. The minimum Gasteiger partial charge on any atom is -0.348 e. The summed E-state index contributed by atoms with van der Waals surface area (Å²) in [5.74, 6) is 1.15. The number of halogens is 1. The van der Waals surface area contributed by atoms with Crippen LogP contribution in [-0.2, 0) is 11.8 Å². The van der Waals surface area contributed by atoms with Gasteiger partial charge < -0.3 is 9.47 Å². The zero-order valence-electron chi connectivity index (χ0n) is 11.5. The minimum atomic E-state index is 0.0473. The fraction of sp³-hybridized carbons (Fsp3) is 0.308. The molecule has 0 saturated heterocycles. The molecule has 1 aromatic heterocycles. The van der Waals surface area contributed by atoms with E-state index in [1.54, 1.807) is 19.0 Å². The van der Waals surface area contributed by atoms with Crippen molar-refractivity contribution < 1.29 is 4.79 Å². The van der Waals surface area contributed by atoms with Crippen LogP contribution in [0.1, 0.15) is 0 Å². The average molecular weight is 311 g/mol. The number of hydrogen-bond donors (Lipinski definition) is 0. The molecule has 106 valence electrons. The normalized spacial score (nSPS) is 10.6. The van der Waals surface area contributed by atoms with Crippen molar-refractivity contribution in [3.05, 3.63) is 29.3 Å². The fourth-order valence-corrected chi connectivity index (χ4v) is 2.56. The third kappa shape index (κ3) is 3.32. The molecule has 0 radical (unpaired) electrons. The Balaban J connectivity index is 2.15. The highest BCUT2D eigenvalue weighted by molar-refractivity contribution is 7.99. The first-order valence-corrected chi connectivity index (χ1v) is 7.33. The lowest BCUT2D eigenvalue weighted by Gasteiger charge is -2.09. The van der Waals surface area contributed by atoms with Gasteiger partial charge in [0.05, 0.1) is 5.75 Å². The molecule has 2 aromatic rings. The second-order valence-electron chi connectivity index (χ2n) is 4.45. The van der Waals surface area contributed by atoms with Crippen molar-refractivity contribution in [2.45, 2.75) is 5.16 Å². The van der Waals surface area contributed by atoms with Crippen molar-refractivity contribution in [1.29, 1.82) is 0 Å². The maximum absolute atomic E-state index is 11.6. The van der Waals surface area contributed by atoms with Crippen molar-refractivity contribution in [3.63, 3.8) is 0 Å². The number of hydrogen-bond acceptors (Lipinski definition) is 4. The Labute approximate surface area is 126 Å². The molecule has 0 aliphatic heterocycles. The first-order chi connectivity index (χ1) is 9.49. The molecule has 0 bridgehead atoms. The lowest BCUT2D eigenvalue weighted by atomic mass is 10.2. The van der Waals surface area contributed by atoms with E-state index < -0.39 is 0 Å². The van der Waals surface area contributed by atoms with Crippen LogP contribution in [0.5, 0.6) is 0 Å². The summed E-state index contributed by atoms with van der Waals surface area (Å²) in [5, 5.41) is 9.68. The molecule has 0 saturated carbocycles. The Morgan fingerprint density at radius 3 is 2.55 bits per heavy atom. The zero-order valence-corrected chi connectivity index (χ0v) is 13.1. The summed E-state index contributed by atoms with van der Waals surface area (Å²) in [6.45, 7) is 0. The molecule has 5 nitrogen and oxygen atoms in total. The van der Waals surface area contributed by atoms with E-state index >= 15 is 0 Å². The quantitative estimate of drug-likeness (QED) is 0.813. The lowest BCUT2D eigenvalue weighted by molar-refractivity contribution is -0.125. The molecule has 1 heterocycles. The number of carbonyl (C=O) groups is 1. The predicted octanol–water partition coefficient (Wildman–Crippen LogP) is 2.32. The number of carbonyl (C=O) groups excluding carboxylic acids is 1. The van der Waals surface area contributed by atoms with E-state index in [9.17, 15) is 4.79 Å². The maximum atomic E-state index is 11.6. The number of nitrogens with zero attached hydrogens (tertiary/aromatic N) is 4. The third-order valence-electron chi connectivity index (χ3n) is 2.76. The summed E-state index contributed by atoms with van der Waals surface area (Å²) in [7, 11) is 5.35. The predicted molar refractivity (Wildman–Crippen MR) is 80.9 cm³/mol. The first-order valence-electron chi connectivity index (χ1n) is 5.97. The van der Waals surface area contributed by atoms with Gasteiger partial charge in [-0.3, -0.25) is 4.79 Å². The van der Waals surface area contributed by atoms with E-state index in [-0.39, 0.29) is 5.91 Å². The number of benzene rings is 1. The second kappa shape index (κ2) is 6.28. The lowest BCUT2D eigenvalue weighted by Crippen LogP contribution is -2.23. The molecule has 0 unspecified atom stereocenters. The van der Waals surface area contributed by atoms with Gasteiger partial charge in [-0.2, -0.15) is 0 Å². The van der Waals surface area contributed by atoms with Gasteiger partial charge in [-0.1, -0.05) is 23.4 Å². The van der Waals surface area contributed by atoms with Gasteiger partial charge in [0.15, 0.2) is 11.0 Å². The van der Waals surface area contributed by atoms with Crippen molar-refractivity contribution in [2.24, 2.45) is 7.05 Å². The molecular weight excluding hydrogens is 296 g/mol. The second-order valence-corrected chi connectivity index (χ2v) is 5.83. The highest BCUT2D eigenvalue weighted by Gasteiger charge is 2.13. The smallest absolute Gasteiger partial charge is 0.232 e. The van der Waals surface area contributed by atoms with Gasteiger partial charge in [-0.25, -0.2) is 0 Å². The number of amides is 1. The van der Waals surface area contributed by atoms with E-state index in [1.165, 1.54) is 11.8 Å². The van der Waals surface area contributed by atoms with Gasteiger partial charge in [0.1, 0.15) is 0 Å². The molecular formula is C13H15ClN4OS. The van der Waals surface area contributed by atoms with E-state index in [0.29, 0.717) is 15.9 Å². The number of thioether (sulfide) groups is 1. The van der Waals surface area contributed by atoms with Gasteiger partial charge in [0, 0.05) is 31.7 Å². The van der Waals surface area contributed by atoms with Gasteiger partial charge in [-0.05, 0) is 24.3 Å². The minimum absolute atomic E-state index is 0.0473. The van der Waals surface area contributed by atoms with Crippen LogP contribution >= 0.6 is 23.4 Å². The summed E-state index contributed by atoms with van der Waals surface area (Å²) in [4.78, 5) is 13.1. The number of aromatic nitrogens is 3. The Kier molecular flexibility index (Phi) is 4.67. The molecule has 0 aliphatic rings. The van der Waals surface area contributed by atoms with E-state index in [1.807, 2.05) is 35.9 Å². The molecule has 2 rings (SSSR count). The Bertz CT molecular complexity index is 609. The van der Waals surface area contributed by atoms with Crippen molar-refractivity contribution in [3.8, 4) is 11.4 Å². The Hall–Kier alpha value is -1.53. The summed E-state index contributed by atoms with van der Waals surface area (Å²) in [5.41, 5.74) is 0.940. The maximum Gasteiger partial charge on any atom is 0.232 e. The van der Waals surface area contributed by atoms with E-state index in [0.717, 1.165) is 11.4 Å². The molecule has 1 aromatic carbocycles. The van der Waals surface area contributed by atoms with Crippen LogP contribution in [-0.4, -0.2) is 45.4 Å². The van der Waals surface area contributed by atoms with Crippen LogP contribution in [0.2, 0.25) is 5.02 Å². The van der Waals surface area contributed by atoms with Crippen LogP contribution in [0.3, 0.4) is 0 Å². The van der Waals surface area contributed by atoms with Crippen LogP contribution < -0.4 is 0 Å². The summed E-state index contributed by atoms with van der Waals surface area (Å²) in [6, 6.07) is 7.42. The van der Waals surface area contributed by atoms with Crippen molar-refractivity contribution in [2.75, 3.05) is 19.8 Å². The fourth-order valence-electron chi connectivity index (χ4n) is 1.55. The van der Waals surface area contributed by atoms with Crippen molar-refractivity contribution in [1.82, 2.24) is 19.7 Å². The molecule has 0 fully saturated rings. The Morgan fingerprint density at radius 2 is 1.95 bits per heavy atom. The van der Waals surface area contributed by atoms with Gasteiger partial charge in [-0.15, -0.1) is 10.2 Å². The molecule has 0 atom stereocenters. The third-order valence-corrected chi connectivity index (χ3v) is 4.02. The SMILES string of the molecule is CN(C)C(=O)CSc1nnc(-c2ccc(Cl)cc2)n1C. The number of rotatable bonds is 4. The Morgan fingerprint density at radius 1 is 1.30 bits per heavy atom. The van der Waals surface area contributed by atoms with Crippen LogP contribution in [0.15, 0.2) is 29.4 Å². The van der Waals surface area contributed by atoms with Crippen LogP contribution in [0, 0.1) is 0 Å².